The number of hydrogen-bond donors (Lipinski definition) is 2. The van der Waals surface area contributed by atoms with Crippen LogP contribution in [0.5, 0.6) is 0 Å². The molecule has 1 unspecified atom stereocenters. The van der Waals surface area contributed by atoms with E-state index < -0.39 is 6.10 Å². The highest BCUT2D eigenvalue weighted by Gasteiger charge is 2.15. The van der Waals surface area contributed by atoms with E-state index in [9.17, 15) is 5.11 Å². The van der Waals surface area contributed by atoms with Gasteiger partial charge in [0.2, 0.25) is 0 Å². The molecule has 0 aliphatic heterocycles. The van der Waals surface area contributed by atoms with Gasteiger partial charge in [-0.15, -0.1) is 0 Å². The van der Waals surface area contributed by atoms with Crippen LogP contribution < -0.4 is 0 Å². The Balaban J connectivity index is 1.90. The van der Waals surface area contributed by atoms with Gasteiger partial charge in [-0.2, -0.15) is 0 Å². The Labute approximate surface area is 123 Å². The van der Waals surface area contributed by atoms with E-state index in [1.807, 2.05) is 48.5 Å². The van der Waals surface area contributed by atoms with Crippen LogP contribution in [0.25, 0.3) is 11.0 Å². The zero-order valence-corrected chi connectivity index (χ0v) is 11.7. The lowest BCUT2D eigenvalue weighted by atomic mass is 10.1. The molecule has 0 spiro atoms. The molecule has 0 amide bonds. The van der Waals surface area contributed by atoms with E-state index in [-0.39, 0.29) is 6.61 Å². The first-order valence-corrected chi connectivity index (χ1v) is 7.14. The molecule has 0 aliphatic carbocycles. The Morgan fingerprint density at radius 3 is 2.57 bits per heavy atom. The lowest BCUT2D eigenvalue weighted by molar-refractivity contribution is 0.192. The summed E-state index contributed by atoms with van der Waals surface area (Å²) in [5.41, 5.74) is 2.75. The van der Waals surface area contributed by atoms with E-state index in [1.54, 1.807) is 0 Å². The highest BCUT2D eigenvalue weighted by Crippen LogP contribution is 2.28. The topological polar surface area (TPSA) is 53.6 Å². The second kappa shape index (κ2) is 6.12. The van der Waals surface area contributed by atoms with Gasteiger partial charge in [-0.25, -0.2) is 0 Å². The minimum absolute atomic E-state index is 0.196. The summed E-state index contributed by atoms with van der Waals surface area (Å²) in [6, 6.07) is 17.3. The number of benzene rings is 2. The smallest absolute Gasteiger partial charge is 0.138 e. The van der Waals surface area contributed by atoms with Gasteiger partial charge in [-0.05, 0) is 42.2 Å². The summed E-state index contributed by atoms with van der Waals surface area (Å²) in [7, 11) is 0. The Kier molecular flexibility index (Phi) is 4.04. The van der Waals surface area contributed by atoms with Crippen molar-refractivity contribution in [3.05, 3.63) is 71.5 Å². The summed E-state index contributed by atoms with van der Waals surface area (Å²) in [6.07, 6.45) is 0.844. The summed E-state index contributed by atoms with van der Waals surface area (Å²) in [5, 5.41) is 20.3. The molecule has 0 saturated carbocycles. The van der Waals surface area contributed by atoms with Crippen molar-refractivity contribution in [2.45, 2.75) is 18.9 Å². The predicted molar refractivity (Wildman–Crippen MR) is 82.1 cm³/mol. The van der Waals surface area contributed by atoms with Crippen LogP contribution in [0.1, 0.15) is 29.4 Å². The standard InChI is InChI=1S/C18H18O3/c19-10-4-5-13-8-9-16-15(11-13)12-17(21-16)18(20)14-6-2-1-3-7-14/h1-3,6-9,11-12,18-20H,4-5,10H2. The fourth-order valence-corrected chi connectivity index (χ4v) is 2.49. The molecule has 0 aliphatic rings. The van der Waals surface area contributed by atoms with Gasteiger partial charge in [0.15, 0.2) is 0 Å². The molecule has 108 valence electrons. The second-order valence-corrected chi connectivity index (χ2v) is 5.16. The van der Waals surface area contributed by atoms with Crippen LogP contribution in [-0.2, 0) is 6.42 Å². The Morgan fingerprint density at radius 2 is 1.81 bits per heavy atom. The lowest BCUT2D eigenvalue weighted by Gasteiger charge is -2.06. The molecule has 21 heavy (non-hydrogen) atoms. The van der Waals surface area contributed by atoms with Gasteiger partial charge in [0.1, 0.15) is 17.4 Å². The number of fused-ring (bicyclic) bond motifs is 1. The van der Waals surface area contributed by atoms with Crippen molar-refractivity contribution in [2.24, 2.45) is 0 Å². The van der Waals surface area contributed by atoms with Gasteiger partial charge in [0, 0.05) is 12.0 Å². The van der Waals surface area contributed by atoms with Crippen molar-refractivity contribution in [1.29, 1.82) is 0 Å². The van der Waals surface area contributed by atoms with Crippen molar-refractivity contribution < 1.29 is 14.6 Å². The number of aliphatic hydroxyl groups excluding tert-OH is 2. The number of furan rings is 1. The normalized spacial score (nSPS) is 12.7. The molecular formula is C18H18O3. The first-order valence-electron chi connectivity index (χ1n) is 7.14. The average molecular weight is 282 g/mol. The molecule has 2 N–H and O–H groups in total. The van der Waals surface area contributed by atoms with Crippen LogP contribution in [-0.4, -0.2) is 16.8 Å². The van der Waals surface area contributed by atoms with Crippen LogP contribution in [0.4, 0.5) is 0 Å². The molecule has 3 aromatic rings. The molecule has 0 bridgehead atoms. The van der Waals surface area contributed by atoms with Crippen molar-refractivity contribution in [3.63, 3.8) is 0 Å². The summed E-state index contributed by atoms with van der Waals surface area (Å²) in [4.78, 5) is 0. The Hall–Kier alpha value is -2.10. The van der Waals surface area contributed by atoms with Crippen LogP contribution in [0, 0.1) is 0 Å². The van der Waals surface area contributed by atoms with Crippen molar-refractivity contribution in [3.8, 4) is 0 Å². The molecule has 3 rings (SSSR count). The monoisotopic (exact) mass is 282 g/mol. The van der Waals surface area contributed by atoms with Gasteiger partial charge >= 0.3 is 0 Å². The third-order valence-corrected chi connectivity index (χ3v) is 3.61. The quantitative estimate of drug-likeness (QED) is 0.753. The maximum atomic E-state index is 10.4. The SMILES string of the molecule is OCCCc1ccc2oc(C(O)c3ccccc3)cc2c1. The van der Waals surface area contributed by atoms with Crippen LogP contribution in [0.15, 0.2) is 59.0 Å². The summed E-state index contributed by atoms with van der Waals surface area (Å²) < 4.78 is 5.74. The molecule has 2 aromatic carbocycles. The zero-order chi connectivity index (χ0) is 14.7. The third kappa shape index (κ3) is 2.99. The summed E-state index contributed by atoms with van der Waals surface area (Å²) in [5.74, 6) is 0.551. The van der Waals surface area contributed by atoms with Gasteiger partial charge in [-0.3, -0.25) is 0 Å². The molecule has 1 heterocycles. The predicted octanol–water partition coefficient (Wildman–Crippen LogP) is 3.44. The fraction of sp³-hybridized carbons (Fsp3) is 0.222. The molecule has 0 fully saturated rings. The molecular weight excluding hydrogens is 264 g/mol. The zero-order valence-electron chi connectivity index (χ0n) is 11.7. The van der Waals surface area contributed by atoms with Crippen LogP contribution >= 0.6 is 0 Å². The van der Waals surface area contributed by atoms with Gasteiger partial charge in [-0.1, -0.05) is 36.4 Å². The molecule has 1 aromatic heterocycles. The minimum Gasteiger partial charge on any atom is -0.458 e. The first kappa shape index (κ1) is 13.9. The number of aliphatic hydroxyl groups is 2. The fourth-order valence-electron chi connectivity index (χ4n) is 2.49. The van der Waals surface area contributed by atoms with E-state index in [1.165, 1.54) is 0 Å². The summed E-state index contributed by atoms with van der Waals surface area (Å²) >= 11 is 0. The number of aryl methyl sites for hydroxylation is 1. The third-order valence-electron chi connectivity index (χ3n) is 3.61. The van der Waals surface area contributed by atoms with Gasteiger partial charge < -0.3 is 14.6 Å². The van der Waals surface area contributed by atoms with Gasteiger partial charge in [0.25, 0.3) is 0 Å². The van der Waals surface area contributed by atoms with E-state index in [4.69, 9.17) is 9.52 Å². The number of hydrogen-bond acceptors (Lipinski definition) is 3. The van der Waals surface area contributed by atoms with E-state index in [0.29, 0.717) is 5.76 Å². The van der Waals surface area contributed by atoms with E-state index in [2.05, 4.69) is 6.07 Å². The van der Waals surface area contributed by atoms with Crippen LogP contribution in [0.2, 0.25) is 0 Å². The minimum atomic E-state index is -0.750. The van der Waals surface area contributed by atoms with Crippen molar-refractivity contribution in [1.82, 2.24) is 0 Å². The highest BCUT2D eigenvalue weighted by atomic mass is 16.4. The maximum Gasteiger partial charge on any atom is 0.138 e. The maximum absolute atomic E-state index is 10.4. The van der Waals surface area contributed by atoms with Crippen molar-refractivity contribution >= 4 is 11.0 Å². The average Bonchev–Trinajstić information content (AvgIpc) is 2.96. The molecule has 1 atom stereocenters. The Morgan fingerprint density at radius 1 is 1.00 bits per heavy atom. The number of rotatable bonds is 5. The molecule has 0 radical (unpaired) electrons. The largest absolute Gasteiger partial charge is 0.458 e. The molecule has 0 saturated heterocycles. The van der Waals surface area contributed by atoms with Crippen molar-refractivity contribution in [2.75, 3.05) is 6.61 Å². The van der Waals surface area contributed by atoms with E-state index >= 15 is 0 Å². The Bertz CT molecular complexity index is 716. The molecule has 3 heteroatoms. The highest BCUT2D eigenvalue weighted by molar-refractivity contribution is 5.79. The molecule has 3 nitrogen and oxygen atoms in total. The first-order chi connectivity index (χ1) is 10.3. The summed E-state index contributed by atoms with van der Waals surface area (Å²) in [6.45, 7) is 0.196. The second-order valence-electron chi connectivity index (χ2n) is 5.16. The van der Waals surface area contributed by atoms with Crippen LogP contribution in [0.3, 0.4) is 0 Å². The van der Waals surface area contributed by atoms with Gasteiger partial charge in [0.05, 0.1) is 0 Å². The lowest BCUT2D eigenvalue weighted by Crippen LogP contribution is -1.96. The van der Waals surface area contributed by atoms with E-state index in [0.717, 1.165) is 34.9 Å².